The number of rotatable bonds is 8. The molecule has 0 radical (unpaired) electrons. The molecule has 1 fully saturated rings. The van der Waals surface area contributed by atoms with Crippen molar-refractivity contribution in [2.75, 3.05) is 0 Å². The number of H-pyrrole nitrogens is 2. The lowest BCUT2D eigenvalue weighted by Crippen LogP contribution is -2.20. The van der Waals surface area contributed by atoms with Gasteiger partial charge < -0.3 is 10.3 Å². The second kappa shape index (κ2) is 11.4. The molecule has 0 aliphatic heterocycles. The summed E-state index contributed by atoms with van der Waals surface area (Å²) in [7, 11) is 0. The predicted octanol–water partition coefficient (Wildman–Crippen LogP) is 8.46. The number of nitrogens with one attached hydrogen (secondary N) is 3. The summed E-state index contributed by atoms with van der Waals surface area (Å²) in [5, 5.41) is 11.2. The van der Waals surface area contributed by atoms with Gasteiger partial charge in [0.05, 0.1) is 22.2 Å². The van der Waals surface area contributed by atoms with Gasteiger partial charge in [-0.1, -0.05) is 62.8 Å². The zero-order chi connectivity index (χ0) is 28.3. The molecule has 0 unspecified atom stereocenters. The Kier molecular flexibility index (Phi) is 7.33. The highest BCUT2D eigenvalue weighted by molar-refractivity contribution is 5.96. The molecule has 0 saturated heterocycles. The maximum Gasteiger partial charge on any atom is 0.161 e. The number of halogens is 1. The number of aromatic amines is 2. The van der Waals surface area contributed by atoms with Crippen LogP contribution in [0, 0.1) is 11.7 Å². The molecule has 41 heavy (non-hydrogen) atoms. The van der Waals surface area contributed by atoms with Crippen LogP contribution < -0.4 is 5.32 Å². The Balaban J connectivity index is 1.33. The molecular weight excluding hydrogens is 511 g/mol. The minimum Gasteiger partial charge on any atom is -0.359 e. The number of hydrogen-bond acceptors (Lipinski definition) is 4. The van der Waals surface area contributed by atoms with E-state index in [4.69, 9.17) is 9.97 Å². The highest BCUT2D eigenvalue weighted by Gasteiger charge is 2.18. The molecular formula is C34H33FN6. The molecule has 3 N–H and O–H groups in total. The Hall–Kier alpha value is -4.78. The SMILES string of the molecule is C=C/C(=C\C(=C/C)c1ccc2[nH]nc(-c3nc4c(-c5ccc(F)cc5)cccc4[nH]3)c2n1)NC(=C)C1CCCCC1. The molecule has 0 amide bonds. The number of para-hydroxylation sites is 1. The first-order chi connectivity index (χ1) is 20.0. The van der Waals surface area contributed by atoms with Crippen molar-refractivity contribution in [3.05, 3.63) is 109 Å². The van der Waals surface area contributed by atoms with Crippen LogP contribution in [-0.4, -0.2) is 25.1 Å². The van der Waals surface area contributed by atoms with Crippen molar-refractivity contribution in [2.24, 2.45) is 5.92 Å². The quantitative estimate of drug-likeness (QED) is 0.171. The predicted molar refractivity (Wildman–Crippen MR) is 165 cm³/mol. The lowest BCUT2D eigenvalue weighted by molar-refractivity contribution is 0.393. The third-order valence-electron chi connectivity index (χ3n) is 7.84. The Labute approximate surface area is 238 Å². The topological polar surface area (TPSA) is 82.3 Å². The lowest BCUT2D eigenvalue weighted by atomic mass is 9.87. The summed E-state index contributed by atoms with van der Waals surface area (Å²) in [5.74, 6) is 0.839. The molecule has 0 spiro atoms. The van der Waals surface area contributed by atoms with E-state index < -0.39 is 0 Å². The van der Waals surface area contributed by atoms with Gasteiger partial charge >= 0.3 is 0 Å². The Morgan fingerprint density at radius 1 is 0.976 bits per heavy atom. The Bertz CT molecular complexity index is 1800. The van der Waals surface area contributed by atoms with Crippen LogP contribution in [-0.2, 0) is 0 Å². The highest BCUT2D eigenvalue weighted by Crippen LogP contribution is 2.32. The molecule has 5 aromatic rings. The average Bonchev–Trinajstić information content (AvgIpc) is 3.64. The maximum atomic E-state index is 13.5. The summed E-state index contributed by atoms with van der Waals surface area (Å²) in [6, 6.07) is 16.3. The van der Waals surface area contributed by atoms with E-state index in [-0.39, 0.29) is 5.82 Å². The van der Waals surface area contributed by atoms with Crippen molar-refractivity contribution in [3.63, 3.8) is 0 Å². The van der Waals surface area contributed by atoms with E-state index in [9.17, 15) is 4.39 Å². The van der Waals surface area contributed by atoms with Crippen LogP contribution in [0.15, 0.2) is 97.4 Å². The molecule has 3 heterocycles. The summed E-state index contributed by atoms with van der Waals surface area (Å²) >= 11 is 0. The largest absolute Gasteiger partial charge is 0.359 e. The molecule has 0 atom stereocenters. The number of imidazole rings is 1. The number of nitrogens with zero attached hydrogens (tertiary/aromatic N) is 3. The van der Waals surface area contributed by atoms with Crippen LogP contribution in [0.4, 0.5) is 4.39 Å². The van der Waals surface area contributed by atoms with Crippen LogP contribution in [0.25, 0.3) is 50.3 Å². The average molecular weight is 545 g/mol. The smallest absolute Gasteiger partial charge is 0.161 e. The molecule has 2 aromatic carbocycles. The van der Waals surface area contributed by atoms with Gasteiger partial charge in [0.1, 0.15) is 11.3 Å². The molecule has 6 rings (SSSR count). The minimum absolute atomic E-state index is 0.269. The molecule has 1 aliphatic carbocycles. The van der Waals surface area contributed by atoms with Crippen molar-refractivity contribution in [1.82, 2.24) is 30.5 Å². The van der Waals surface area contributed by atoms with Gasteiger partial charge in [0.15, 0.2) is 11.5 Å². The fourth-order valence-corrected chi connectivity index (χ4v) is 5.59. The van der Waals surface area contributed by atoms with E-state index in [2.05, 4.69) is 39.7 Å². The minimum atomic E-state index is -0.269. The van der Waals surface area contributed by atoms with Crippen molar-refractivity contribution in [2.45, 2.75) is 39.0 Å². The fourth-order valence-electron chi connectivity index (χ4n) is 5.59. The number of allylic oxidation sites excluding steroid dienone is 5. The number of benzene rings is 2. The first kappa shape index (κ1) is 26.4. The Morgan fingerprint density at radius 3 is 2.54 bits per heavy atom. The summed E-state index contributed by atoms with van der Waals surface area (Å²) in [6.45, 7) is 10.3. The number of fused-ring (bicyclic) bond motifs is 2. The third-order valence-corrected chi connectivity index (χ3v) is 7.84. The molecule has 1 saturated carbocycles. The highest BCUT2D eigenvalue weighted by atomic mass is 19.1. The summed E-state index contributed by atoms with van der Waals surface area (Å²) in [4.78, 5) is 13.3. The van der Waals surface area contributed by atoms with Gasteiger partial charge in [-0.15, -0.1) is 0 Å². The van der Waals surface area contributed by atoms with E-state index in [1.54, 1.807) is 12.1 Å². The fraction of sp³-hybridized carbons (Fsp3) is 0.206. The Morgan fingerprint density at radius 2 is 1.78 bits per heavy atom. The van der Waals surface area contributed by atoms with Crippen LogP contribution >= 0.6 is 0 Å². The van der Waals surface area contributed by atoms with Crippen LogP contribution in [0.2, 0.25) is 0 Å². The maximum absolute atomic E-state index is 13.5. The standard InChI is InChI=1S/C34H33FN6/c1-4-22(20-26(5-2)36-21(3)23-10-7-6-8-11-23)28-18-19-30-32(37-28)33(41-40-30)34-38-29-13-9-12-27(31(29)39-34)24-14-16-25(35)17-15-24/h4-5,9,12-20,23,36H,2-3,6-8,10-11H2,1H3,(H,38,39)(H,40,41)/b22-4+,26-20+. The van der Waals surface area contributed by atoms with Crippen LogP contribution in [0.5, 0.6) is 0 Å². The van der Waals surface area contributed by atoms with Gasteiger partial charge in [-0.25, -0.2) is 14.4 Å². The number of hydrogen-bond donors (Lipinski definition) is 3. The van der Waals surface area contributed by atoms with Crippen molar-refractivity contribution in [3.8, 4) is 22.6 Å². The summed E-state index contributed by atoms with van der Waals surface area (Å²) in [6.07, 6.45) is 12.1. The van der Waals surface area contributed by atoms with E-state index >= 15 is 0 Å². The summed E-state index contributed by atoms with van der Waals surface area (Å²) in [5.41, 5.74) is 9.36. The molecule has 6 nitrogen and oxygen atoms in total. The zero-order valence-electron chi connectivity index (χ0n) is 23.2. The molecule has 206 valence electrons. The van der Waals surface area contributed by atoms with E-state index in [1.807, 2.05) is 49.4 Å². The van der Waals surface area contributed by atoms with Gasteiger partial charge in [-0.3, -0.25) is 5.10 Å². The second-order valence-electron chi connectivity index (χ2n) is 10.5. The van der Waals surface area contributed by atoms with Gasteiger partial charge in [0, 0.05) is 17.0 Å². The van der Waals surface area contributed by atoms with Gasteiger partial charge in [-0.2, -0.15) is 5.10 Å². The van der Waals surface area contributed by atoms with Crippen molar-refractivity contribution in [1.29, 1.82) is 0 Å². The molecule has 0 bridgehead atoms. The van der Waals surface area contributed by atoms with E-state index in [0.717, 1.165) is 55.9 Å². The van der Waals surface area contributed by atoms with E-state index in [0.29, 0.717) is 17.4 Å². The van der Waals surface area contributed by atoms with Gasteiger partial charge in [-0.05, 0) is 79.3 Å². The summed E-state index contributed by atoms with van der Waals surface area (Å²) < 4.78 is 13.5. The second-order valence-corrected chi connectivity index (χ2v) is 10.5. The first-order valence-electron chi connectivity index (χ1n) is 14.1. The van der Waals surface area contributed by atoms with E-state index in [1.165, 1.54) is 44.2 Å². The zero-order valence-corrected chi connectivity index (χ0v) is 23.2. The van der Waals surface area contributed by atoms with Crippen LogP contribution in [0.3, 0.4) is 0 Å². The van der Waals surface area contributed by atoms with Gasteiger partial charge in [0.25, 0.3) is 0 Å². The number of pyridine rings is 1. The van der Waals surface area contributed by atoms with Gasteiger partial charge in [0.2, 0.25) is 0 Å². The normalized spacial score (nSPS) is 15.0. The molecule has 3 aromatic heterocycles. The number of aromatic nitrogens is 5. The third kappa shape index (κ3) is 5.35. The monoisotopic (exact) mass is 544 g/mol. The molecule has 1 aliphatic rings. The van der Waals surface area contributed by atoms with Crippen molar-refractivity contribution < 1.29 is 4.39 Å². The van der Waals surface area contributed by atoms with Crippen molar-refractivity contribution >= 4 is 27.6 Å². The first-order valence-corrected chi connectivity index (χ1v) is 14.1. The molecule has 7 heteroatoms. The van der Waals surface area contributed by atoms with Crippen LogP contribution in [0.1, 0.15) is 44.7 Å². The lowest BCUT2D eigenvalue weighted by Gasteiger charge is -2.25.